The van der Waals surface area contributed by atoms with Crippen LogP contribution < -0.4 is 10.6 Å². The van der Waals surface area contributed by atoms with Gasteiger partial charge in [0.1, 0.15) is 0 Å². The molecule has 26 heavy (non-hydrogen) atoms. The van der Waals surface area contributed by atoms with E-state index in [9.17, 15) is 9.59 Å². The first-order valence-corrected chi connectivity index (χ1v) is 8.50. The maximum absolute atomic E-state index is 12.2. The molecule has 0 atom stereocenters. The van der Waals surface area contributed by atoms with Gasteiger partial charge in [-0.15, -0.1) is 0 Å². The van der Waals surface area contributed by atoms with Crippen LogP contribution in [-0.4, -0.2) is 23.3 Å². The lowest BCUT2D eigenvalue weighted by molar-refractivity contribution is -0.123. The van der Waals surface area contributed by atoms with Gasteiger partial charge in [0.15, 0.2) is 0 Å². The number of nitrogens with one attached hydrogen (secondary N) is 2. The highest BCUT2D eigenvalue weighted by Gasteiger charge is 2.11. The van der Waals surface area contributed by atoms with Crippen LogP contribution in [0.1, 0.15) is 16.7 Å². The molecule has 1 aromatic heterocycles. The first kappa shape index (κ1) is 17.6. The molecule has 0 aliphatic carbocycles. The van der Waals surface area contributed by atoms with Crippen molar-refractivity contribution in [3.63, 3.8) is 0 Å². The highest BCUT2D eigenvalue weighted by molar-refractivity contribution is 5.96. The summed E-state index contributed by atoms with van der Waals surface area (Å²) in [6.07, 6.45) is 1.90. The standard InChI is InChI=1S/C21H21N3O2/c1-14-6-3-7-15(2)20(14)24-19(26)13-23-18(25)12-17-9-4-8-16-10-5-11-22-21(16)17/h3-11H,12-13H2,1-2H3,(H,23,25)(H,24,26). The molecule has 0 saturated heterocycles. The van der Waals surface area contributed by atoms with Gasteiger partial charge in [-0.25, -0.2) is 0 Å². The lowest BCUT2D eigenvalue weighted by Gasteiger charge is -2.12. The van der Waals surface area contributed by atoms with Gasteiger partial charge in [0.05, 0.1) is 18.5 Å². The van der Waals surface area contributed by atoms with Gasteiger partial charge >= 0.3 is 0 Å². The number of rotatable bonds is 5. The van der Waals surface area contributed by atoms with Crippen molar-refractivity contribution in [1.29, 1.82) is 0 Å². The van der Waals surface area contributed by atoms with E-state index in [0.29, 0.717) is 0 Å². The summed E-state index contributed by atoms with van der Waals surface area (Å²) in [6, 6.07) is 15.4. The zero-order valence-electron chi connectivity index (χ0n) is 14.9. The zero-order chi connectivity index (χ0) is 18.5. The second kappa shape index (κ2) is 7.78. The Morgan fingerprint density at radius 1 is 0.923 bits per heavy atom. The average Bonchev–Trinajstić information content (AvgIpc) is 2.63. The number of fused-ring (bicyclic) bond motifs is 1. The van der Waals surface area contributed by atoms with Crippen LogP contribution in [0.15, 0.2) is 54.7 Å². The van der Waals surface area contributed by atoms with Gasteiger partial charge in [-0.3, -0.25) is 14.6 Å². The first-order chi connectivity index (χ1) is 12.5. The van der Waals surface area contributed by atoms with Crippen LogP contribution in [0, 0.1) is 13.8 Å². The minimum Gasteiger partial charge on any atom is -0.347 e. The van der Waals surface area contributed by atoms with Crippen LogP contribution in [-0.2, 0) is 16.0 Å². The highest BCUT2D eigenvalue weighted by atomic mass is 16.2. The van der Waals surface area contributed by atoms with Gasteiger partial charge in [-0.1, -0.05) is 42.5 Å². The summed E-state index contributed by atoms with van der Waals surface area (Å²) in [6.45, 7) is 3.81. The van der Waals surface area contributed by atoms with Gasteiger partial charge in [0.25, 0.3) is 0 Å². The number of carbonyl (C=O) groups excluding carboxylic acids is 2. The van der Waals surface area contributed by atoms with Crippen LogP contribution in [0.2, 0.25) is 0 Å². The summed E-state index contributed by atoms with van der Waals surface area (Å²) in [4.78, 5) is 28.7. The van der Waals surface area contributed by atoms with Gasteiger partial charge in [0.2, 0.25) is 11.8 Å². The average molecular weight is 347 g/mol. The van der Waals surface area contributed by atoms with E-state index in [2.05, 4.69) is 15.6 Å². The molecule has 3 aromatic rings. The molecule has 132 valence electrons. The molecule has 3 rings (SSSR count). The van der Waals surface area contributed by atoms with Crippen molar-refractivity contribution in [2.24, 2.45) is 0 Å². The maximum Gasteiger partial charge on any atom is 0.243 e. The smallest absolute Gasteiger partial charge is 0.243 e. The molecule has 2 N–H and O–H groups in total. The Bertz CT molecular complexity index is 941. The molecule has 0 aliphatic heterocycles. The van der Waals surface area contributed by atoms with E-state index in [0.717, 1.165) is 33.3 Å². The topological polar surface area (TPSA) is 71.1 Å². The molecule has 0 radical (unpaired) electrons. The summed E-state index contributed by atoms with van der Waals surface area (Å²) in [5, 5.41) is 6.53. The fraction of sp³-hybridized carbons (Fsp3) is 0.190. The fourth-order valence-electron chi connectivity index (χ4n) is 2.92. The van der Waals surface area contributed by atoms with E-state index in [1.807, 2.05) is 62.4 Å². The predicted molar refractivity (Wildman–Crippen MR) is 103 cm³/mol. The monoisotopic (exact) mass is 347 g/mol. The number of nitrogens with zero attached hydrogens (tertiary/aromatic N) is 1. The van der Waals surface area contributed by atoms with E-state index >= 15 is 0 Å². The molecule has 2 amide bonds. The number of aryl methyl sites for hydroxylation is 2. The van der Waals surface area contributed by atoms with Crippen molar-refractivity contribution in [1.82, 2.24) is 10.3 Å². The van der Waals surface area contributed by atoms with E-state index in [-0.39, 0.29) is 24.8 Å². The normalized spacial score (nSPS) is 10.5. The second-order valence-corrected chi connectivity index (χ2v) is 6.26. The number of hydrogen-bond donors (Lipinski definition) is 2. The van der Waals surface area contributed by atoms with Crippen molar-refractivity contribution < 1.29 is 9.59 Å². The Labute approximate surface area is 152 Å². The van der Waals surface area contributed by atoms with Crippen LogP contribution in [0.5, 0.6) is 0 Å². The minimum atomic E-state index is -0.244. The third kappa shape index (κ3) is 4.06. The fourth-order valence-corrected chi connectivity index (χ4v) is 2.92. The zero-order valence-corrected chi connectivity index (χ0v) is 14.9. The Morgan fingerprint density at radius 2 is 1.62 bits per heavy atom. The van der Waals surface area contributed by atoms with E-state index < -0.39 is 0 Å². The number of carbonyl (C=O) groups is 2. The number of pyridine rings is 1. The molecule has 0 bridgehead atoms. The van der Waals surface area contributed by atoms with Crippen molar-refractivity contribution in [2.45, 2.75) is 20.3 Å². The molecule has 5 heteroatoms. The maximum atomic E-state index is 12.2. The Balaban J connectivity index is 1.59. The molecular formula is C21H21N3O2. The third-order valence-electron chi connectivity index (χ3n) is 4.26. The van der Waals surface area contributed by atoms with Crippen molar-refractivity contribution in [3.05, 3.63) is 71.4 Å². The summed E-state index contributed by atoms with van der Waals surface area (Å²) < 4.78 is 0. The van der Waals surface area contributed by atoms with Crippen molar-refractivity contribution in [3.8, 4) is 0 Å². The van der Waals surface area contributed by atoms with Crippen LogP contribution in [0.4, 0.5) is 5.69 Å². The second-order valence-electron chi connectivity index (χ2n) is 6.26. The van der Waals surface area contributed by atoms with Crippen LogP contribution >= 0.6 is 0 Å². The number of hydrogen-bond acceptors (Lipinski definition) is 3. The Morgan fingerprint density at radius 3 is 2.38 bits per heavy atom. The summed E-state index contributed by atoms with van der Waals surface area (Å²) in [5.41, 5.74) is 4.43. The van der Waals surface area contributed by atoms with Crippen LogP contribution in [0.3, 0.4) is 0 Å². The molecular weight excluding hydrogens is 326 g/mol. The lowest BCUT2D eigenvalue weighted by Crippen LogP contribution is -2.34. The summed E-state index contributed by atoms with van der Waals surface area (Å²) >= 11 is 0. The van der Waals surface area contributed by atoms with E-state index in [4.69, 9.17) is 0 Å². The van der Waals surface area contributed by atoms with E-state index in [1.165, 1.54) is 0 Å². The molecule has 5 nitrogen and oxygen atoms in total. The first-order valence-electron chi connectivity index (χ1n) is 8.50. The largest absolute Gasteiger partial charge is 0.347 e. The van der Waals surface area contributed by atoms with Crippen molar-refractivity contribution >= 4 is 28.4 Å². The molecule has 0 saturated carbocycles. The quantitative estimate of drug-likeness (QED) is 0.745. The van der Waals surface area contributed by atoms with E-state index in [1.54, 1.807) is 6.20 Å². The number of amides is 2. The number of anilines is 1. The van der Waals surface area contributed by atoms with Crippen molar-refractivity contribution in [2.75, 3.05) is 11.9 Å². The summed E-state index contributed by atoms with van der Waals surface area (Å²) in [7, 11) is 0. The SMILES string of the molecule is Cc1cccc(C)c1NC(=O)CNC(=O)Cc1cccc2cccnc12. The lowest BCUT2D eigenvalue weighted by atomic mass is 10.1. The predicted octanol–water partition coefficient (Wildman–Crippen LogP) is 3.15. The van der Waals surface area contributed by atoms with Gasteiger partial charge < -0.3 is 10.6 Å². The molecule has 0 spiro atoms. The van der Waals surface area contributed by atoms with Gasteiger partial charge in [-0.2, -0.15) is 0 Å². The Kier molecular flexibility index (Phi) is 5.27. The Hall–Kier alpha value is -3.21. The molecule has 0 aliphatic rings. The highest BCUT2D eigenvalue weighted by Crippen LogP contribution is 2.19. The number of para-hydroxylation sites is 2. The van der Waals surface area contributed by atoms with Gasteiger partial charge in [-0.05, 0) is 36.6 Å². The molecule has 0 unspecified atom stereocenters. The number of aromatic nitrogens is 1. The molecule has 1 heterocycles. The molecule has 2 aromatic carbocycles. The van der Waals surface area contributed by atoms with Gasteiger partial charge in [0, 0.05) is 17.3 Å². The molecule has 0 fully saturated rings. The number of benzene rings is 2. The summed E-state index contributed by atoms with van der Waals surface area (Å²) in [5.74, 6) is -0.452. The van der Waals surface area contributed by atoms with Crippen LogP contribution in [0.25, 0.3) is 10.9 Å². The third-order valence-corrected chi connectivity index (χ3v) is 4.26. The minimum absolute atomic E-state index is 0.0647.